The number of hydrogen-bond acceptors (Lipinski definition) is 5. The Morgan fingerprint density at radius 3 is 2.67 bits per heavy atom. The summed E-state index contributed by atoms with van der Waals surface area (Å²) < 4.78 is 6.95. The van der Waals surface area contributed by atoms with Crippen molar-refractivity contribution in [1.29, 1.82) is 0 Å². The standard InChI is InChI=1S/C18H26ClN5O2Si/c1-18(2,3)26-17(25)22-9-8-20-15-16-21-10-11-24(16)14(19)13(23-15)7-12-27(4,5)6/h10-11H,8-9H2,1-6H3,(H,20,23)(H,22,25). The van der Waals surface area contributed by atoms with E-state index in [1.807, 2.05) is 20.8 Å². The van der Waals surface area contributed by atoms with Crippen LogP contribution in [0.15, 0.2) is 12.4 Å². The van der Waals surface area contributed by atoms with Crippen molar-refractivity contribution in [3.05, 3.63) is 23.2 Å². The number of carbonyl (C=O) groups excluding carboxylic acids is 1. The van der Waals surface area contributed by atoms with E-state index in [4.69, 9.17) is 16.3 Å². The van der Waals surface area contributed by atoms with Crippen LogP contribution in [-0.2, 0) is 4.74 Å². The molecule has 0 saturated carbocycles. The zero-order chi connectivity index (χ0) is 20.2. The molecule has 0 bridgehead atoms. The van der Waals surface area contributed by atoms with Crippen LogP contribution in [0.3, 0.4) is 0 Å². The van der Waals surface area contributed by atoms with E-state index in [-0.39, 0.29) is 0 Å². The summed E-state index contributed by atoms with van der Waals surface area (Å²) in [5, 5.41) is 6.31. The molecule has 0 aliphatic rings. The maximum absolute atomic E-state index is 11.7. The van der Waals surface area contributed by atoms with Crippen LogP contribution in [0.1, 0.15) is 26.5 Å². The van der Waals surface area contributed by atoms with E-state index in [0.717, 1.165) is 0 Å². The minimum atomic E-state index is -1.56. The first-order chi connectivity index (χ1) is 12.5. The van der Waals surface area contributed by atoms with E-state index < -0.39 is 19.8 Å². The van der Waals surface area contributed by atoms with Gasteiger partial charge in [-0.25, -0.2) is 14.8 Å². The minimum absolute atomic E-state index is 0.377. The van der Waals surface area contributed by atoms with Crippen molar-refractivity contribution >= 4 is 37.2 Å². The second-order valence-corrected chi connectivity index (χ2v) is 13.2. The topological polar surface area (TPSA) is 80.5 Å². The SMILES string of the molecule is CC(C)(C)OC(=O)NCCNc1nc(C#C[Si](C)(C)C)c(Cl)n2ccnc12. The fourth-order valence-corrected chi connectivity index (χ4v) is 2.78. The number of nitrogens with one attached hydrogen (secondary N) is 2. The Kier molecular flexibility index (Phi) is 6.39. The van der Waals surface area contributed by atoms with Gasteiger partial charge in [0, 0.05) is 25.5 Å². The second-order valence-electron chi connectivity index (χ2n) is 8.08. The Balaban J connectivity index is 2.11. The molecule has 2 aromatic rings. The molecule has 2 heterocycles. The highest BCUT2D eigenvalue weighted by Gasteiger charge is 2.16. The molecule has 146 valence electrons. The monoisotopic (exact) mass is 407 g/mol. The summed E-state index contributed by atoms with van der Waals surface area (Å²) in [7, 11) is -1.56. The van der Waals surface area contributed by atoms with Crippen molar-refractivity contribution in [2.45, 2.75) is 46.0 Å². The molecule has 2 rings (SSSR count). The van der Waals surface area contributed by atoms with E-state index in [1.165, 1.54) is 0 Å². The van der Waals surface area contributed by atoms with E-state index in [2.05, 4.69) is 51.7 Å². The number of fused-ring (bicyclic) bond motifs is 1. The number of rotatable bonds is 4. The normalized spacial score (nSPS) is 11.7. The van der Waals surface area contributed by atoms with Gasteiger partial charge in [-0.05, 0) is 20.8 Å². The molecule has 0 unspecified atom stereocenters. The Morgan fingerprint density at radius 2 is 2.04 bits per heavy atom. The van der Waals surface area contributed by atoms with Crippen LogP contribution in [0, 0.1) is 11.5 Å². The molecular formula is C18H26ClN5O2Si. The van der Waals surface area contributed by atoms with Gasteiger partial charge >= 0.3 is 6.09 Å². The van der Waals surface area contributed by atoms with Gasteiger partial charge in [0.1, 0.15) is 18.8 Å². The second kappa shape index (κ2) is 8.19. The van der Waals surface area contributed by atoms with Crippen molar-refractivity contribution in [3.8, 4) is 11.5 Å². The van der Waals surface area contributed by atoms with Gasteiger partial charge in [0.2, 0.25) is 0 Å². The van der Waals surface area contributed by atoms with Crippen LogP contribution < -0.4 is 10.6 Å². The third-order valence-corrected chi connectivity index (χ3v) is 4.36. The van der Waals surface area contributed by atoms with E-state index in [9.17, 15) is 4.79 Å². The van der Waals surface area contributed by atoms with Crippen molar-refractivity contribution < 1.29 is 9.53 Å². The van der Waals surface area contributed by atoms with Gasteiger partial charge in [-0.3, -0.25) is 4.40 Å². The Hall–Kier alpha value is -2.24. The van der Waals surface area contributed by atoms with Crippen LogP contribution in [0.25, 0.3) is 5.65 Å². The van der Waals surface area contributed by atoms with Gasteiger partial charge in [0.15, 0.2) is 17.2 Å². The summed E-state index contributed by atoms with van der Waals surface area (Å²) in [5.41, 5.74) is 3.86. The molecule has 2 aromatic heterocycles. The van der Waals surface area contributed by atoms with Gasteiger partial charge in [0.25, 0.3) is 0 Å². The summed E-state index contributed by atoms with van der Waals surface area (Å²) in [6, 6.07) is 0. The highest BCUT2D eigenvalue weighted by molar-refractivity contribution is 6.83. The third-order valence-electron chi connectivity index (χ3n) is 3.12. The molecule has 0 saturated heterocycles. The van der Waals surface area contributed by atoms with Crippen LogP contribution in [0.2, 0.25) is 24.8 Å². The Labute approximate surface area is 165 Å². The number of ether oxygens (including phenoxy) is 1. The average molecular weight is 408 g/mol. The number of alkyl carbamates (subject to hydrolysis) is 1. The molecule has 9 heteroatoms. The predicted octanol–water partition coefficient (Wildman–Crippen LogP) is 3.55. The molecule has 0 aliphatic carbocycles. The first kappa shape index (κ1) is 21.1. The molecular weight excluding hydrogens is 382 g/mol. The zero-order valence-electron chi connectivity index (χ0n) is 16.6. The first-order valence-electron chi connectivity index (χ1n) is 8.73. The van der Waals surface area contributed by atoms with Gasteiger partial charge in [0.05, 0.1) is 0 Å². The van der Waals surface area contributed by atoms with E-state index in [0.29, 0.717) is 35.4 Å². The largest absolute Gasteiger partial charge is 0.444 e. The lowest BCUT2D eigenvalue weighted by molar-refractivity contribution is 0.0530. The fourth-order valence-electron chi connectivity index (χ4n) is 2.06. The molecule has 0 fully saturated rings. The lowest BCUT2D eigenvalue weighted by Crippen LogP contribution is -2.35. The van der Waals surface area contributed by atoms with E-state index >= 15 is 0 Å². The number of aromatic nitrogens is 3. The Morgan fingerprint density at radius 1 is 1.33 bits per heavy atom. The maximum atomic E-state index is 11.7. The summed E-state index contributed by atoms with van der Waals surface area (Å²) in [4.78, 5) is 20.5. The zero-order valence-corrected chi connectivity index (χ0v) is 18.4. The third kappa shape index (κ3) is 6.45. The lowest BCUT2D eigenvalue weighted by Gasteiger charge is -2.19. The first-order valence-corrected chi connectivity index (χ1v) is 12.6. The quantitative estimate of drug-likeness (QED) is 0.460. The van der Waals surface area contributed by atoms with Crippen LogP contribution in [0.5, 0.6) is 0 Å². The molecule has 0 atom stereocenters. The fraction of sp³-hybridized carbons (Fsp3) is 0.500. The van der Waals surface area contributed by atoms with Crippen LogP contribution in [0.4, 0.5) is 10.6 Å². The summed E-state index contributed by atoms with van der Waals surface area (Å²) in [6.45, 7) is 12.8. The minimum Gasteiger partial charge on any atom is -0.444 e. The number of hydrogen-bond donors (Lipinski definition) is 2. The van der Waals surface area contributed by atoms with E-state index in [1.54, 1.807) is 16.8 Å². The molecule has 2 N–H and O–H groups in total. The molecule has 1 amide bonds. The van der Waals surface area contributed by atoms with Crippen molar-refractivity contribution in [2.24, 2.45) is 0 Å². The number of nitrogens with zero attached hydrogens (tertiary/aromatic N) is 3. The maximum Gasteiger partial charge on any atom is 0.407 e. The average Bonchev–Trinajstić information content (AvgIpc) is 3.00. The van der Waals surface area contributed by atoms with Crippen molar-refractivity contribution in [1.82, 2.24) is 19.7 Å². The predicted molar refractivity (Wildman–Crippen MR) is 111 cm³/mol. The summed E-state index contributed by atoms with van der Waals surface area (Å²) >= 11 is 6.42. The van der Waals surface area contributed by atoms with Crippen molar-refractivity contribution in [2.75, 3.05) is 18.4 Å². The van der Waals surface area contributed by atoms with Gasteiger partial charge in [-0.2, -0.15) is 0 Å². The van der Waals surface area contributed by atoms with Gasteiger partial charge in [-0.1, -0.05) is 37.2 Å². The summed E-state index contributed by atoms with van der Waals surface area (Å²) in [5.74, 6) is 3.66. The molecule has 0 aromatic carbocycles. The van der Waals surface area contributed by atoms with Gasteiger partial charge < -0.3 is 15.4 Å². The summed E-state index contributed by atoms with van der Waals surface area (Å²) in [6.07, 6.45) is 2.97. The molecule has 0 spiro atoms. The molecule has 7 nitrogen and oxygen atoms in total. The van der Waals surface area contributed by atoms with Crippen LogP contribution in [-0.4, -0.2) is 47.2 Å². The highest BCUT2D eigenvalue weighted by Crippen LogP contribution is 2.21. The number of imidazole rings is 1. The molecule has 0 radical (unpaired) electrons. The number of anilines is 1. The highest BCUT2D eigenvalue weighted by atomic mass is 35.5. The number of carbonyl (C=O) groups is 1. The van der Waals surface area contributed by atoms with Crippen LogP contribution >= 0.6 is 11.6 Å². The smallest absolute Gasteiger partial charge is 0.407 e. The number of halogens is 1. The molecule has 27 heavy (non-hydrogen) atoms. The number of amides is 1. The lowest BCUT2D eigenvalue weighted by atomic mass is 10.2. The Bertz CT molecular complexity index is 887. The van der Waals surface area contributed by atoms with Gasteiger partial charge in [-0.15, -0.1) is 5.54 Å². The van der Waals surface area contributed by atoms with Crippen molar-refractivity contribution in [3.63, 3.8) is 0 Å². The molecule has 0 aliphatic heterocycles.